The summed E-state index contributed by atoms with van der Waals surface area (Å²) in [5.74, 6) is 1.39. The number of rotatable bonds is 16. The van der Waals surface area contributed by atoms with Crippen LogP contribution < -0.4 is 9.47 Å². The van der Waals surface area contributed by atoms with Crippen LogP contribution in [0.15, 0.2) is 12.1 Å². The van der Waals surface area contributed by atoms with Crippen molar-refractivity contribution in [2.24, 2.45) is 0 Å². The van der Waals surface area contributed by atoms with Crippen LogP contribution in [0.3, 0.4) is 0 Å². The summed E-state index contributed by atoms with van der Waals surface area (Å²) in [6, 6.07) is 4.22. The van der Waals surface area contributed by atoms with Gasteiger partial charge in [-0.3, -0.25) is 9.59 Å². The monoisotopic (exact) mass is 478 g/mol. The molecule has 0 amide bonds. The quantitative estimate of drug-likeness (QED) is 0.252. The van der Waals surface area contributed by atoms with Crippen molar-refractivity contribution < 1.29 is 28.5 Å². The number of esters is 2. The number of ether oxygens (including phenoxy) is 4. The highest BCUT2D eigenvalue weighted by Crippen LogP contribution is 2.44. The summed E-state index contributed by atoms with van der Waals surface area (Å²) in [6.45, 7) is 18.3. The number of benzene rings is 1. The van der Waals surface area contributed by atoms with Crippen LogP contribution in [0.25, 0.3) is 0 Å². The maximum Gasteiger partial charge on any atom is 0.305 e. The first-order valence-corrected chi connectivity index (χ1v) is 12.8. The van der Waals surface area contributed by atoms with Gasteiger partial charge in [0.1, 0.15) is 11.5 Å². The van der Waals surface area contributed by atoms with Crippen LogP contribution in [0.2, 0.25) is 0 Å². The minimum Gasteiger partial charge on any atom is -0.494 e. The van der Waals surface area contributed by atoms with Gasteiger partial charge in [-0.2, -0.15) is 0 Å². The Labute approximate surface area is 206 Å². The molecule has 0 bridgehead atoms. The Bertz CT molecular complexity index is 716. The van der Waals surface area contributed by atoms with E-state index in [9.17, 15) is 9.59 Å². The highest BCUT2D eigenvalue weighted by molar-refractivity contribution is 5.69. The second kappa shape index (κ2) is 14.2. The maximum atomic E-state index is 11.8. The third kappa shape index (κ3) is 9.19. The van der Waals surface area contributed by atoms with Crippen molar-refractivity contribution in [3.05, 3.63) is 23.3 Å². The van der Waals surface area contributed by atoms with Crippen LogP contribution in [0.4, 0.5) is 0 Å². The summed E-state index contributed by atoms with van der Waals surface area (Å²) in [4.78, 5) is 23.6. The van der Waals surface area contributed by atoms with Crippen LogP contribution >= 0.6 is 0 Å². The lowest BCUT2D eigenvalue weighted by atomic mass is 9.75. The van der Waals surface area contributed by atoms with Crippen LogP contribution in [-0.4, -0.2) is 38.4 Å². The molecule has 0 aromatic heterocycles. The molecule has 1 aromatic carbocycles. The van der Waals surface area contributed by atoms with Gasteiger partial charge in [-0.05, 0) is 76.3 Å². The third-order valence-corrected chi connectivity index (χ3v) is 6.12. The Balaban J connectivity index is 3.22. The van der Waals surface area contributed by atoms with Crippen molar-refractivity contribution in [3.8, 4) is 11.5 Å². The minimum atomic E-state index is -0.213. The molecule has 0 heterocycles. The molecule has 0 saturated carbocycles. The van der Waals surface area contributed by atoms with Gasteiger partial charge >= 0.3 is 11.9 Å². The average Bonchev–Trinajstić information content (AvgIpc) is 2.74. The summed E-state index contributed by atoms with van der Waals surface area (Å²) in [6.07, 6.45) is 3.93. The molecular weight excluding hydrogens is 432 g/mol. The van der Waals surface area contributed by atoms with Gasteiger partial charge < -0.3 is 18.9 Å². The molecule has 0 atom stereocenters. The van der Waals surface area contributed by atoms with Gasteiger partial charge in [0.05, 0.1) is 26.4 Å². The zero-order chi connectivity index (χ0) is 25.8. The lowest BCUT2D eigenvalue weighted by Crippen LogP contribution is -2.23. The smallest absolute Gasteiger partial charge is 0.305 e. The van der Waals surface area contributed by atoms with Gasteiger partial charge in [0, 0.05) is 24.0 Å². The second-order valence-electron chi connectivity index (χ2n) is 9.80. The summed E-state index contributed by atoms with van der Waals surface area (Å²) in [5, 5.41) is 0. The number of carbonyl (C=O) groups excluding carboxylic acids is 2. The van der Waals surface area contributed by atoms with E-state index in [0.717, 1.165) is 48.3 Å². The summed E-state index contributed by atoms with van der Waals surface area (Å²) in [5.41, 5.74) is 1.73. The predicted molar refractivity (Wildman–Crippen MR) is 136 cm³/mol. The molecule has 194 valence electrons. The summed E-state index contributed by atoms with van der Waals surface area (Å²) in [7, 11) is 0. The van der Waals surface area contributed by atoms with E-state index in [0.29, 0.717) is 39.3 Å². The zero-order valence-corrected chi connectivity index (χ0v) is 22.7. The molecule has 0 aliphatic rings. The van der Waals surface area contributed by atoms with E-state index in [1.54, 1.807) is 0 Å². The number of hydrogen-bond donors (Lipinski definition) is 0. The van der Waals surface area contributed by atoms with Crippen molar-refractivity contribution in [3.63, 3.8) is 0 Å². The highest BCUT2D eigenvalue weighted by atomic mass is 16.5. The predicted octanol–water partition coefficient (Wildman–Crippen LogP) is 6.51. The largest absolute Gasteiger partial charge is 0.494 e. The lowest BCUT2D eigenvalue weighted by molar-refractivity contribution is -0.144. The molecule has 34 heavy (non-hydrogen) atoms. The molecule has 1 aromatic rings. The highest BCUT2D eigenvalue weighted by Gasteiger charge is 2.31. The summed E-state index contributed by atoms with van der Waals surface area (Å²) >= 11 is 0. The molecule has 1 rings (SSSR count). The van der Waals surface area contributed by atoms with E-state index in [2.05, 4.69) is 39.8 Å². The molecule has 0 aliphatic heterocycles. The standard InChI is InChI=1S/C28H46O6/c1-9-31-23-19-22(28(7,8)18-14-16-26(30)34-12-4)24(32-10-2)20-21(23)27(5,6)17-13-15-25(29)33-11-3/h19-20H,9-18H2,1-8H3. The van der Waals surface area contributed by atoms with Crippen LogP contribution in [0, 0.1) is 0 Å². The Hall–Kier alpha value is -2.24. The fourth-order valence-corrected chi connectivity index (χ4v) is 4.25. The Kier molecular flexibility index (Phi) is 12.5. The first kappa shape index (κ1) is 29.8. The zero-order valence-electron chi connectivity index (χ0n) is 22.7. The molecule has 6 heteroatoms. The van der Waals surface area contributed by atoms with Crippen molar-refractivity contribution in [1.82, 2.24) is 0 Å². The van der Waals surface area contributed by atoms with E-state index >= 15 is 0 Å². The molecule has 0 saturated heterocycles. The van der Waals surface area contributed by atoms with Crippen molar-refractivity contribution in [2.45, 2.75) is 105 Å². The topological polar surface area (TPSA) is 71.1 Å². The molecule has 0 spiro atoms. The molecule has 0 fully saturated rings. The van der Waals surface area contributed by atoms with Crippen molar-refractivity contribution in [2.75, 3.05) is 26.4 Å². The normalized spacial score (nSPS) is 11.8. The molecule has 0 N–H and O–H groups in total. The fourth-order valence-electron chi connectivity index (χ4n) is 4.25. The maximum absolute atomic E-state index is 11.8. The Morgan fingerprint density at radius 2 is 1.00 bits per heavy atom. The molecule has 0 radical (unpaired) electrons. The molecule has 0 aliphatic carbocycles. The first-order valence-electron chi connectivity index (χ1n) is 12.8. The Morgan fingerprint density at radius 3 is 1.29 bits per heavy atom. The second-order valence-corrected chi connectivity index (χ2v) is 9.80. The lowest BCUT2D eigenvalue weighted by Gasteiger charge is -2.32. The van der Waals surface area contributed by atoms with Crippen molar-refractivity contribution in [1.29, 1.82) is 0 Å². The van der Waals surface area contributed by atoms with Gasteiger partial charge in [-0.25, -0.2) is 0 Å². The SMILES string of the molecule is CCOC(=O)CCCC(C)(C)c1cc(OCC)c(C(C)(C)CCCC(=O)OCC)cc1OCC. The van der Waals surface area contributed by atoms with E-state index in [1.807, 2.05) is 27.7 Å². The number of carbonyl (C=O) groups is 2. The fraction of sp³-hybridized carbons (Fsp3) is 0.714. The van der Waals surface area contributed by atoms with E-state index in [4.69, 9.17) is 18.9 Å². The van der Waals surface area contributed by atoms with Gasteiger partial charge in [-0.1, -0.05) is 27.7 Å². The Morgan fingerprint density at radius 1 is 0.647 bits per heavy atom. The van der Waals surface area contributed by atoms with Gasteiger partial charge in [0.2, 0.25) is 0 Å². The van der Waals surface area contributed by atoms with Crippen LogP contribution in [-0.2, 0) is 29.9 Å². The molecule has 0 unspecified atom stereocenters. The first-order chi connectivity index (χ1) is 16.0. The number of hydrogen-bond acceptors (Lipinski definition) is 6. The van der Waals surface area contributed by atoms with Gasteiger partial charge in [0.15, 0.2) is 0 Å². The molecule has 6 nitrogen and oxygen atoms in total. The molecular formula is C28H46O6. The van der Waals surface area contributed by atoms with E-state index in [-0.39, 0.29) is 22.8 Å². The minimum absolute atomic E-state index is 0.154. The average molecular weight is 479 g/mol. The van der Waals surface area contributed by atoms with Crippen molar-refractivity contribution >= 4 is 11.9 Å². The van der Waals surface area contributed by atoms with E-state index in [1.165, 1.54) is 0 Å². The van der Waals surface area contributed by atoms with Gasteiger partial charge in [-0.15, -0.1) is 0 Å². The van der Waals surface area contributed by atoms with E-state index < -0.39 is 0 Å². The summed E-state index contributed by atoms with van der Waals surface area (Å²) < 4.78 is 22.4. The van der Waals surface area contributed by atoms with Crippen LogP contribution in [0.1, 0.15) is 105 Å². The van der Waals surface area contributed by atoms with Gasteiger partial charge in [0.25, 0.3) is 0 Å². The third-order valence-electron chi connectivity index (χ3n) is 6.12. The van der Waals surface area contributed by atoms with Crippen LogP contribution in [0.5, 0.6) is 11.5 Å².